The van der Waals surface area contributed by atoms with Crippen molar-refractivity contribution in [3.63, 3.8) is 0 Å². The second-order valence-corrected chi connectivity index (χ2v) is 9.08. The Kier molecular flexibility index (Phi) is 3.27. The molecule has 2 heteroatoms. The predicted molar refractivity (Wildman–Crippen MR) is 116 cm³/mol. The Bertz CT molecular complexity index is 1180. The first-order valence-electron chi connectivity index (χ1n) is 9.07. The molecule has 1 heterocycles. The van der Waals surface area contributed by atoms with E-state index in [4.69, 9.17) is 0 Å². The van der Waals surface area contributed by atoms with Crippen molar-refractivity contribution in [2.24, 2.45) is 0 Å². The molecule has 1 spiro atoms. The molecule has 1 aliphatic heterocycles. The highest BCUT2D eigenvalue weighted by Gasteiger charge is 2.49. The summed E-state index contributed by atoms with van der Waals surface area (Å²) >= 11 is 5.55. The summed E-state index contributed by atoms with van der Waals surface area (Å²) in [5.74, 6) is 0. The minimum Gasteiger partial charge on any atom is -0.0894 e. The zero-order valence-electron chi connectivity index (χ0n) is 14.4. The van der Waals surface area contributed by atoms with Gasteiger partial charge in [0.15, 0.2) is 0 Å². The standard InChI is InChI=1S/C25H15BrS/c26-16-13-14-22-24(15-16)27-23-12-6-5-11-21(23)25(22)19-9-3-1-7-17(19)18-8-2-4-10-20(18)25/h1-15H. The van der Waals surface area contributed by atoms with Gasteiger partial charge in [0, 0.05) is 14.3 Å². The fourth-order valence-electron chi connectivity index (χ4n) is 4.83. The van der Waals surface area contributed by atoms with Crippen molar-refractivity contribution >= 4 is 27.7 Å². The normalized spacial score (nSPS) is 15.0. The van der Waals surface area contributed by atoms with E-state index in [0.29, 0.717) is 0 Å². The van der Waals surface area contributed by atoms with E-state index in [-0.39, 0.29) is 5.41 Å². The third kappa shape index (κ3) is 1.95. The third-order valence-corrected chi connectivity index (χ3v) is 7.44. The summed E-state index contributed by atoms with van der Waals surface area (Å²) in [5.41, 5.74) is 8.01. The highest BCUT2D eigenvalue weighted by Crippen LogP contribution is 2.62. The van der Waals surface area contributed by atoms with Crippen molar-refractivity contribution in [3.8, 4) is 11.1 Å². The monoisotopic (exact) mass is 426 g/mol. The van der Waals surface area contributed by atoms with Crippen LogP contribution in [0.1, 0.15) is 22.3 Å². The first-order chi connectivity index (χ1) is 13.3. The van der Waals surface area contributed by atoms with E-state index < -0.39 is 0 Å². The molecule has 2 aliphatic rings. The quantitative estimate of drug-likeness (QED) is 0.246. The molecule has 4 aromatic carbocycles. The second-order valence-electron chi connectivity index (χ2n) is 7.08. The van der Waals surface area contributed by atoms with Gasteiger partial charge in [-0.15, -0.1) is 0 Å². The molecule has 0 saturated heterocycles. The molecule has 0 radical (unpaired) electrons. The van der Waals surface area contributed by atoms with Crippen LogP contribution in [0.15, 0.2) is 105 Å². The van der Waals surface area contributed by atoms with Crippen LogP contribution >= 0.6 is 27.7 Å². The topological polar surface area (TPSA) is 0 Å². The molecule has 0 aromatic heterocycles. The molecule has 0 bridgehead atoms. The molecular weight excluding hydrogens is 412 g/mol. The van der Waals surface area contributed by atoms with Crippen molar-refractivity contribution in [2.75, 3.05) is 0 Å². The summed E-state index contributed by atoms with van der Waals surface area (Å²) in [4.78, 5) is 2.67. The smallest absolute Gasteiger partial charge is 0.0735 e. The predicted octanol–water partition coefficient (Wildman–Crippen LogP) is 7.28. The number of fused-ring (bicyclic) bond motifs is 9. The number of rotatable bonds is 0. The average molecular weight is 427 g/mol. The van der Waals surface area contributed by atoms with Gasteiger partial charge in [0.1, 0.15) is 0 Å². The van der Waals surface area contributed by atoms with E-state index in [2.05, 4.69) is 107 Å². The molecule has 0 saturated carbocycles. The van der Waals surface area contributed by atoms with Crippen LogP contribution in [0.3, 0.4) is 0 Å². The third-order valence-electron chi connectivity index (χ3n) is 5.81. The number of benzene rings is 4. The number of hydrogen-bond donors (Lipinski definition) is 0. The largest absolute Gasteiger partial charge is 0.0894 e. The molecule has 1 aliphatic carbocycles. The lowest BCUT2D eigenvalue weighted by molar-refractivity contribution is 0.722. The van der Waals surface area contributed by atoms with E-state index in [0.717, 1.165) is 4.47 Å². The summed E-state index contributed by atoms with van der Waals surface area (Å²) in [6, 6.07) is 33.5. The summed E-state index contributed by atoms with van der Waals surface area (Å²) in [6.45, 7) is 0. The maximum absolute atomic E-state index is 3.68. The Morgan fingerprint density at radius 3 is 1.81 bits per heavy atom. The van der Waals surface area contributed by atoms with Crippen LogP contribution in [0.25, 0.3) is 11.1 Å². The van der Waals surface area contributed by atoms with Crippen molar-refractivity contribution in [1.82, 2.24) is 0 Å². The fraction of sp³-hybridized carbons (Fsp3) is 0.0400. The lowest BCUT2D eigenvalue weighted by Gasteiger charge is -2.39. The van der Waals surface area contributed by atoms with Gasteiger partial charge in [0.25, 0.3) is 0 Å². The molecule has 0 amide bonds. The summed E-state index contributed by atoms with van der Waals surface area (Å²) in [7, 11) is 0. The molecule has 4 aromatic rings. The van der Waals surface area contributed by atoms with Gasteiger partial charge in [-0.25, -0.2) is 0 Å². The molecule has 0 atom stereocenters. The zero-order valence-corrected chi connectivity index (χ0v) is 16.8. The van der Waals surface area contributed by atoms with E-state index in [1.807, 2.05) is 11.8 Å². The van der Waals surface area contributed by atoms with Gasteiger partial charge in [-0.3, -0.25) is 0 Å². The number of hydrogen-bond acceptors (Lipinski definition) is 1. The Labute approximate surface area is 171 Å². The maximum atomic E-state index is 3.68. The molecule has 27 heavy (non-hydrogen) atoms. The first-order valence-corrected chi connectivity index (χ1v) is 10.7. The summed E-state index contributed by atoms with van der Waals surface area (Å²) < 4.78 is 1.13. The molecular formula is C25H15BrS. The SMILES string of the molecule is Brc1ccc2c(c1)Sc1ccccc1C21c2ccccc2-c2ccccc21. The van der Waals surface area contributed by atoms with Crippen LogP contribution in [-0.2, 0) is 5.41 Å². The van der Waals surface area contributed by atoms with Gasteiger partial charge >= 0.3 is 0 Å². The minimum atomic E-state index is -0.245. The highest BCUT2D eigenvalue weighted by atomic mass is 79.9. The maximum Gasteiger partial charge on any atom is 0.0735 e. The summed E-state index contributed by atoms with van der Waals surface area (Å²) in [6.07, 6.45) is 0. The molecule has 0 fully saturated rings. The fourth-order valence-corrected chi connectivity index (χ4v) is 6.58. The van der Waals surface area contributed by atoms with Gasteiger partial charge in [0.05, 0.1) is 5.41 Å². The Morgan fingerprint density at radius 2 is 1.11 bits per heavy atom. The number of halogens is 1. The van der Waals surface area contributed by atoms with Gasteiger partial charge in [-0.2, -0.15) is 0 Å². The van der Waals surface area contributed by atoms with Crippen LogP contribution in [0, 0.1) is 0 Å². The van der Waals surface area contributed by atoms with Crippen LogP contribution in [0.5, 0.6) is 0 Å². The van der Waals surface area contributed by atoms with Gasteiger partial charge in [0.2, 0.25) is 0 Å². The molecule has 0 nitrogen and oxygen atoms in total. The van der Waals surface area contributed by atoms with Gasteiger partial charge in [-0.1, -0.05) is 100 Å². The Hall–Kier alpha value is -2.29. The van der Waals surface area contributed by atoms with Crippen LogP contribution in [0.2, 0.25) is 0 Å². The van der Waals surface area contributed by atoms with E-state index in [1.165, 1.54) is 43.2 Å². The molecule has 0 unspecified atom stereocenters. The van der Waals surface area contributed by atoms with Crippen molar-refractivity contribution in [2.45, 2.75) is 15.2 Å². The van der Waals surface area contributed by atoms with E-state index in [1.54, 1.807) is 0 Å². The van der Waals surface area contributed by atoms with Crippen LogP contribution < -0.4 is 0 Å². The van der Waals surface area contributed by atoms with Gasteiger partial charge < -0.3 is 0 Å². The van der Waals surface area contributed by atoms with Gasteiger partial charge in [-0.05, 0) is 51.6 Å². The highest BCUT2D eigenvalue weighted by molar-refractivity contribution is 9.10. The molecule has 0 N–H and O–H groups in total. The summed E-state index contributed by atoms with van der Waals surface area (Å²) in [5, 5.41) is 0. The van der Waals surface area contributed by atoms with E-state index >= 15 is 0 Å². The lowest BCUT2D eigenvalue weighted by atomic mass is 9.67. The molecule has 6 rings (SSSR count). The zero-order chi connectivity index (χ0) is 18.0. The average Bonchev–Trinajstić information content (AvgIpc) is 3.00. The van der Waals surface area contributed by atoms with Crippen molar-refractivity contribution in [1.29, 1.82) is 0 Å². The molecule has 128 valence electrons. The first kappa shape index (κ1) is 15.7. The lowest BCUT2D eigenvalue weighted by Crippen LogP contribution is -2.31. The second kappa shape index (κ2) is 5.60. The van der Waals surface area contributed by atoms with Crippen molar-refractivity contribution < 1.29 is 0 Å². The minimum absolute atomic E-state index is 0.245. The van der Waals surface area contributed by atoms with E-state index in [9.17, 15) is 0 Å². The Morgan fingerprint density at radius 1 is 0.556 bits per heavy atom. The van der Waals surface area contributed by atoms with Crippen LogP contribution in [0.4, 0.5) is 0 Å². The van der Waals surface area contributed by atoms with Crippen LogP contribution in [-0.4, -0.2) is 0 Å². The van der Waals surface area contributed by atoms with Crippen molar-refractivity contribution in [3.05, 3.63) is 118 Å². The Balaban J connectivity index is 1.85.